The summed E-state index contributed by atoms with van der Waals surface area (Å²) in [6, 6.07) is 3.75. The zero-order valence-electron chi connectivity index (χ0n) is 9.80. The average Bonchev–Trinajstić information content (AvgIpc) is 2.77. The van der Waals surface area contributed by atoms with Crippen molar-refractivity contribution in [2.75, 3.05) is 32.0 Å². The van der Waals surface area contributed by atoms with Crippen molar-refractivity contribution in [1.82, 2.24) is 10.6 Å². The topological polar surface area (TPSA) is 53.2 Å². The molecule has 0 aliphatic carbocycles. The molecule has 1 heterocycles. The van der Waals surface area contributed by atoms with E-state index < -0.39 is 0 Å². The van der Waals surface area contributed by atoms with Crippen LogP contribution < -0.4 is 16.0 Å². The Morgan fingerprint density at radius 3 is 2.75 bits per heavy atom. The normalized spacial score (nSPS) is 10.1. The highest BCUT2D eigenvalue weighted by Gasteiger charge is 2.07. The van der Waals surface area contributed by atoms with E-state index in [4.69, 9.17) is 0 Å². The number of hydrogen-bond acceptors (Lipinski definition) is 4. The van der Waals surface area contributed by atoms with E-state index in [0.717, 1.165) is 29.4 Å². The number of anilines is 1. The number of carbonyl (C=O) groups is 1. The van der Waals surface area contributed by atoms with E-state index in [0.29, 0.717) is 6.54 Å². The van der Waals surface area contributed by atoms with E-state index in [1.54, 1.807) is 0 Å². The molecule has 0 aliphatic rings. The molecule has 0 fully saturated rings. The molecule has 1 aromatic rings. The molecule has 4 nitrogen and oxygen atoms in total. The van der Waals surface area contributed by atoms with Crippen LogP contribution in [-0.4, -0.2) is 32.6 Å². The van der Waals surface area contributed by atoms with Gasteiger partial charge in [-0.2, -0.15) is 0 Å². The van der Waals surface area contributed by atoms with Gasteiger partial charge in [-0.25, -0.2) is 0 Å². The van der Waals surface area contributed by atoms with E-state index in [-0.39, 0.29) is 5.91 Å². The summed E-state index contributed by atoms with van der Waals surface area (Å²) in [6.45, 7) is 4.62. The fourth-order valence-electron chi connectivity index (χ4n) is 1.25. The first-order valence-electron chi connectivity index (χ1n) is 5.54. The Labute approximate surface area is 100 Å². The van der Waals surface area contributed by atoms with Gasteiger partial charge >= 0.3 is 0 Å². The molecule has 0 atom stereocenters. The van der Waals surface area contributed by atoms with Crippen LogP contribution in [0.3, 0.4) is 0 Å². The van der Waals surface area contributed by atoms with E-state index >= 15 is 0 Å². The lowest BCUT2D eigenvalue weighted by atomic mass is 10.4. The van der Waals surface area contributed by atoms with E-state index in [2.05, 4.69) is 22.9 Å². The molecule has 1 aromatic heterocycles. The second-order valence-electron chi connectivity index (χ2n) is 3.42. The summed E-state index contributed by atoms with van der Waals surface area (Å²) in [6.07, 6.45) is 1.12. The Morgan fingerprint density at radius 1 is 1.31 bits per heavy atom. The van der Waals surface area contributed by atoms with Gasteiger partial charge in [0, 0.05) is 20.1 Å². The number of rotatable bonds is 7. The van der Waals surface area contributed by atoms with Crippen molar-refractivity contribution < 1.29 is 4.79 Å². The number of carbonyl (C=O) groups excluding carboxylic acids is 1. The molecule has 0 unspecified atom stereocenters. The lowest BCUT2D eigenvalue weighted by Gasteiger charge is -2.04. The van der Waals surface area contributed by atoms with Gasteiger partial charge in [0.1, 0.15) is 0 Å². The minimum Gasteiger partial charge on any atom is -0.380 e. The third kappa shape index (κ3) is 4.20. The molecular formula is C11H19N3OS. The van der Waals surface area contributed by atoms with E-state index in [1.165, 1.54) is 11.3 Å². The van der Waals surface area contributed by atoms with Gasteiger partial charge in [-0.1, -0.05) is 6.92 Å². The third-order valence-corrected chi connectivity index (χ3v) is 3.19. The fraction of sp³-hybridized carbons (Fsp3) is 0.545. The van der Waals surface area contributed by atoms with Crippen LogP contribution in [0.4, 0.5) is 5.00 Å². The number of nitrogens with one attached hydrogen (secondary N) is 3. The molecule has 0 aliphatic heterocycles. The van der Waals surface area contributed by atoms with Crippen molar-refractivity contribution in [1.29, 1.82) is 0 Å². The van der Waals surface area contributed by atoms with Crippen LogP contribution in [0.15, 0.2) is 12.1 Å². The first-order valence-corrected chi connectivity index (χ1v) is 6.36. The molecule has 90 valence electrons. The van der Waals surface area contributed by atoms with Crippen molar-refractivity contribution in [3.05, 3.63) is 17.0 Å². The second kappa shape index (κ2) is 7.24. The van der Waals surface area contributed by atoms with Gasteiger partial charge < -0.3 is 16.0 Å². The molecule has 1 amide bonds. The third-order valence-electron chi connectivity index (χ3n) is 2.09. The van der Waals surface area contributed by atoms with Crippen LogP contribution in [0.5, 0.6) is 0 Å². The zero-order chi connectivity index (χ0) is 11.8. The summed E-state index contributed by atoms with van der Waals surface area (Å²) in [5.74, 6) is 0.00444. The number of hydrogen-bond donors (Lipinski definition) is 3. The number of thiophene rings is 1. The summed E-state index contributed by atoms with van der Waals surface area (Å²) in [7, 11) is 1.85. The summed E-state index contributed by atoms with van der Waals surface area (Å²) in [5.41, 5.74) is 0. The summed E-state index contributed by atoms with van der Waals surface area (Å²) < 4.78 is 0. The largest absolute Gasteiger partial charge is 0.380 e. The van der Waals surface area contributed by atoms with Gasteiger partial charge in [0.2, 0.25) is 0 Å². The van der Waals surface area contributed by atoms with Crippen LogP contribution >= 0.6 is 11.3 Å². The van der Waals surface area contributed by atoms with Crippen LogP contribution in [-0.2, 0) is 0 Å². The van der Waals surface area contributed by atoms with Crippen molar-refractivity contribution in [3.63, 3.8) is 0 Å². The highest BCUT2D eigenvalue weighted by Crippen LogP contribution is 2.20. The average molecular weight is 241 g/mol. The van der Waals surface area contributed by atoms with Gasteiger partial charge in [0.05, 0.1) is 9.88 Å². The van der Waals surface area contributed by atoms with Gasteiger partial charge in [-0.3, -0.25) is 4.79 Å². The zero-order valence-corrected chi connectivity index (χ0v) is 10.6. The first-order chi connectivity index (χ1) is 7.77. The van der Waals surface area contributed by atoms with Crippen molar-refractivity contribution in [2.45, 2.75) is 13.3 Å². The van der Waals surface area contributed by atoms with Gasteiger partial charge in [-0.05, 0) is 25.1 Å². The SMILES string of the molecule is CCCNCCNC(=O)c1ccc(NC)s1. The highest BCUT2D eigenvalue weighted by molar-refractivity contribution is 7.17. The minimum atomic E-state index is 0.00444. The second-order valence-corrected chi connectivity index (χ2v) is 4.50. The van der Waals surface area contributed by atoms with Gasteiger partial charge in [-0.15, -0.1) is 11.3 Å². The van der Waals surface area contributed by atoms with Crippen LogP contribution in [0.2, 0.25) is 0 Å². The van der Waals surface area contributed by atoms with Crippen LogP contribution in [0.25, 0.3) is 0 Å². The van der Waals surface area contributed by atoms with E-state index in [1.807, 2.05) is 19.2 Å². The molecule has 1 rings (SSSR count). The lowest BCUT2D eigenvalue weighted by molar-refractivity contribution is 0.0958. The molecule has 0 aromatic carbocycles. The van der Waals surface area contributed by atoms with Gasteiger partial charge in [0.25, 0.3) is 5.91 Å². The Balaban J connectivity index is 2.24. The maximum Gasteiger partial charge on any atom is 0.261 e. The predicted octanol–water partition coefficient (Wildman–Crippen LogP) is 1.52. The molecule has 5 heteroatoms. The van der Waals surface area contributed by atoms with Crippen LogP contribution in [0.1, 0.15) is 23.0 Å². The van der Waals surface area contributed by atoms with Crippen molar-refractivity contribution in [3.8, 4) is 0 Å². The Bertz CT molecular complexity index is 325. The molecule has 0 saturated carbocycles. The van der Waals surface area contributed by atoms with Crippen molar-refractivity contribution >= 4 is 22.2 Å². The molecule has 0 radical (unpaired) electrons. The molecule has 0 saturated heterocycles. The first kappa shape index (κ1) is 13.0. The molecule has 16 heavy (non-hydrogen) atoms. The standard InChI is InChI=1S/C11H19N3OS/c1-3-6-13-7-8-14-11(15)9-4-5-10(12-2)16-9/h4-5,12-13H,3,6-8H2,1-2H3,(H,14,15). The highest BCUT2D eigenvalue weighted by atomic mass is 32.1. The maximum atomic E-state index is 11.7. The quantitative estimate of drug-likeness (QED) is 0.634. The summed E-state index contributed by atoms with van der Waals surface area (Å²) in [4.78, 5) is 12.4. The molecular weight excluding hydrogens is 222 g/mol. The summed E-state index contributed by atoms with van der Waals surface area (Å²) >= 11 is 1.47. The minimum absolute atomic E-state index is 0.00444. The Hall–Kier alpha value is -1.07. The smallest absolute Gasteiger partial charge is 0.261 e. The van der Waals surface area contributed by atoms with Crippen LogP contribution in [0, 0.1) is 0 Å². The lowest BCUT2D eigenvalue weighted by Crippen LogP contribution is -2.31. The predicted molar refractivity (Wildman–Crippen MR) is 69.4 cm³/mol. The Morgan fingerprint density at radius 2 is 2.12 bits per heavy atom. The van der Waals surface area contributed by atoms with Crippen molar-refractivity contribution in [2.24, 2.45) is 0 Å². The molecule has 0 bridgehead atoms. The fourth-order valence-corrected chi connectivity index (χ4v) is 2.02. The van der Waals surface area contributed by atoms with E-state index in [9.17, 15) is 4.79 Å². The summed E-state index contributed by atoms with van der Waals surface area (Å²) in [5, 5.41) is 10.1. The maximum absolute atomic E-state index is 11.7. The molecule has 0 spiro atoms. The number of amides is 1. The monoisotopic (exact) mass is 241 g/mol. The molecule has 3 N–H and O–H groups in total. The Kier molecular flexibility index (Phi) is 5.88. The van der Waals surface area contributed by atoms with Gasteiger partial charge in [0.15, 0.2) is 0 Å².